The van der Waals surface area contributed by atoms with Crippen molar-refractivity contribution in [3.63, 3.8) is 0 Å². The molecule has 9 nitrogen and oxygen atoms in total. The quantitative estimate of drug-likeness (QED) is 0.650. The minimum atomic E-state index is -4.15. The molecule has 0 aliphatic heterocycles. The van der Waals surface area contributed by atoms with E-state index in [1.54, 1.807) is 39.2 Å². The number of esters is 1. The van der Waals surface area contributed by atoms with E-state index >= 15 is 0 Å². The molecule has 0 saturated heterocycles. The summed E-state index contributed by atoms with van der Waals surface area (Å²) in [6.07, 6.45) is 2.85. The van der Waals surface area contributed by atoms with Gasteiger partial charge in [-0.05, 0) is 57.4 Å². The second-order valence-corrected chi connectivity index (χ2v) is 8.34. The molecule has 1 N–H and O–H groups in total. The van der Waals surface area contributed by atoms with Gasteiger partial charge in [0.05, 0.1) is 17.4 Å². The van der Waals surface area contributed by atoms with E-state index in [1.807, 2.05) is 13.8 Å². The summed E-state index contributed by atoms with van der Waals surface area (Å²) in [6, 6.07) is 3.27. The Morgan fingerprint density at radius 3 is 2.61 bits per heavy atom. The Morgan fingerprint density at radius 2 is 1.93 bits per heavy atom. The number of sulfonamides is 1. The molecule has 0 aliphatic rings. The average molecular weight is 403 g/mol. The van der Waals surface area contributed by atoms with Crippen LogP contribution in [-0.4, -0.2) is 40.1 Å². The summed E-state index contributed by atoms with van der Waals surface area (Å²) in [5, 5.41) is 3.56. The number of nitrogens with zero attached hydrogens (tertiary/aromatic N) is 4. The zero-order valence-electron chi connectivity index (χ0n) is 16.2. The Labute approximate surface area is 162 Å². The highest BCUT2D eigenvalue weighted by molar-refractivity contribution is 7.92. The number of hydrogen-bond acceptors (Lipinski definition) is 7. The van der Waals surface area contributed by atoms with Crippen LogP contribution in [0.25, 0.3) is 5.78 Å². The van der Waals surface area contributed by atoms with E-state index in [-0.39, 0.29) is 23.1 Å². The van der Waals surface area contributed by atoms with Crippen LogP contribution in [0.5, 0.6) is 0 Å². The van der Waals surface area contributed by atoms with Gasteiger partial charge in [0, 0.05) is 12.4 Å². The molecule has 28 heavy (non-hydrogen) atoms. The van der Waals surface area contributed by atoms with Gasteiger partial charge >= 0.3 is 5.97 Å². The summed E-state index contributed by atoms with van der Waals surface area (Å²) < 4.78 is 34.7. The monoisotopic (exact) mass is 403 g/mol. The predicted octanol–water partition coefficient (Wildman–Crippen LogP) is 2.42. The van der Waals surface area contributed by atoms with Gasteiger partial charge in [-0.25, -0.2) is 14.3 Å². The highest BCUT2D eigenvalue weighted by atomic mass is 32.2. The van der Waals surface area contributed by atoms with Gasteiger partial charge in [-0.2, -0.15) is 13.4 Å². The van der Waals surface area contributed by atoms with Crippen molar-refractivity contribution in [3.05, 3.63) is 46.8 Å². The van der Waals surface area contributed by atoms with Crippen molar-refractivity contribution in [1.82, 2.24) is 19.6 Å². The zero-order chi connectivity index (χ0) is 20.6. The topological polar surface area (TPSA) is 116 Å². The molecule has 2 heterocycles. The molecule has 0 aliphatic carbocycles. The van der Waals surface area contributed by atoms with E-state index in [0.717, 1.165) is 11.1 Å². The number of ether oxygens (including phenoxy) is 1. The number of anilines is 1. The van der Waals surface area contributed by atoms with Gasteiger partial charge in [0.15, 0.2) is 0 Å². The number of hydrogen-bond donors (Lipinski definition) is 1. The van der Waals surface area contributed by atoms with E-state index < -0.39 is 21.1 Å². The third-order valence-corrected chi connectivity index (χ3v) is 5.21. The van der Waals surface area contributed by atoms with E-state index in [2.05, 4.69) is 19.8 Å². The molecule has 0 amide bonds. The van der Waals surface area contributed by atoms with Gasteiger partial charge in [-0.15, -0.1) is 5.10 Å². The third kappa shape index (κ3) is 3.81. The van der Waals surface area contributed by atoms with E-state index in [4.69, 9.17) is 4.74 Å². The van der Waals surface area contributed by atoms with E-state index in [1.165, 1.54) is 10.6 Å². The van der Waals surface area contributed by atoms with Gasteiger partial charge < -0.3 is 4.74 Å². The van der Waals surface area contributed by atoms with Crippen molar-refractivity contribution >= 4 is 27.5 Å². The Kier molecular flexibility index (Phi) is 5.07. The normalized spacial score (nSPS) is 11.8. The maximum absolute atomic E-state index is 12.9. The van der Waals surface area contributed by atoms with Crippen LogP contribution in [0.2, 0.25) is 0 Å². The fraction of sp³-hybridized carbons (Fsp3) is 0.333. The van der Waals surface area contributed by atoms with Crippen LogP contribution in [-0.2, 0) is 14.8 Å². The molecular weight excluding hydrogens is 382 g/mol. The highest BCUT2D eigenvalue weighted by Gasteiger charge is 2.26. The minimum absolute atomic E-state index is 0.123. The molecule has 0 saturated carbocycles. The van der Waals surface area contributed by atoms with Crippen molar-refractivity contribution in [2.45, 2.75) is 45.9 Å². The molecule has 0 spiro atoms. The number of carbonyl (C=O) groups is 1. The summed E-state index contributed by atoms with van der Waals surface area (Å²) in [5.74, 6) is -0.456. The number of rotatable bonds is 5. The van der Waals surface area contributed by atoms with Crippen molar-refractivity contribution in [2.75, 3.05) is 4.72 Å². The fourth-order valence-electron chi connectivity index (χ4n) is 2.55. The zero-order valence-corrected chi connectivity index (χ0v) is 17.0. The van der Waals surface area contributed by atoms with Gasteiger partial charge in [0.2, 0.25) is 0 Å². The van der Waals surface area contributed by atoms with Crippen LogP contribution in [0.3, 0.4) is 0 Å². The minimum Gasteiger partial charge on any atom is -0.459 e. The third-order valence-electron chi connectivity index (χ3n) is 4.08. The first kappa shape index (κ1) is 19.7. The number of aryl methyl sites for hydroxylation is 2. The van der Waals surface area contributed by atoms with Crippen molar-refractivity contribution in [3.8, 4) is 0 Å². The highest BCUT2D eigenvalue weighted by Crippen LogP contribution is 2.27. The molecule has 0 bridgehead atoms. The largest absolute Gasteiger partial charge is 0.459 e. The Morgan fingerprint density at radius 1 is 1.21 bits per heavy atom. The van der Waals surface area contributed by atoms with Gasteiger partial charge in [-0.1, -0.05) is 6.07 Å². The fourth-order valence-corrected chi connectivity index (χ4v) is 3.57. The van der Waals surface area contributed by atoms with Crippen LogP contribution in [0.1, 0.15) is 40.9 Å². The van der Waals surface area contributed by atoms with Gasteiger partial charge in [0.25, 0.3) is 21.0 Å². The Balaban J connectivity index is 2.05. The molecule has 0 fully saturated rings. The summed E-state index contributed by atoms with van der Waals surface area (Å²) in [5.41, 5.74) is 2.51. The maximum Gasteiger partial charge on any atom is 0.340 e. The molecule has 3 rings (SSSR count). The van der Waals surface area contributed by atoms with Gasteiger partial charge in [-0.3, -0.25) is 4.72 Å². The Bertz CT molecular complexity index is 1170. The number of aromatic nitrogens is 4. The average Bonchev–Trinajstić information content (AvgIpc) is 3.02. The van der Waals surface area contributed by atoms with E-state index in [0.29, 0.717) is 5.56 Å². The molecule has 2 aromatic heterocycles. The number of fused-ring (bicyclic) bond motifs is 1. The van der Waals surface area contributed by atoms with Gasteiger partial charge in [0.1, 0.15) is 0 Å². The lowest BCUT2D eigenvalue weighted by Crippen LogP contribution is -2.20. The maximum atomic E-state index is 12.9. The first-order valence-electron chi connectivity index (χ1n) is 8.61. The van der Waals surface area contributed by atoms with Crippen molar-refractivity contribution in [1.29, 1.82) is 0 Å². The van der Waals surface area contributed by atoms with Crippen LogP contribution >= 0.6 is 0 Å². The molecule has 1 aromatic carbocycles. The predicted molar refractivity (Wildman–Crippen MR) is 103 cm³/mol. The molecule has 0 atom stereocenters. The molecule has 148 valence electrons. The standard InChI is InChI=1S/C18H21N5O4S/c1-10(2)27-16(24)14-7-6-12(4)13(5)15(14)22-28(25,26)18-20-17-19-8-11(3)9-23(17)21-18/h6-10,22H,1-5H3. The van der Waals surface area contributed by atoms with Crippen LogP contribution in [0.15, 0.2) is 29.7 Å². The van der Waals surface area contributed by atoms with Crippen molar-refractivity contribution < 1.29 is 17.9 Å². The lowest BCUT2D eigenvalue weighted by molar-refractivity contribution is 0.0379. The lowest BCUT2D eigenvalue weighted by Gasteiger charge is -2.16. The van der Waals surface area contributed by atoms with Crippen LogP contribution in [0.4, 0.5) is 5.69 Å². The first-order chi connectivity index (χ1) is 13.1. The molecule has 0 radical (unpaired) electrons. The number of benzene rings is 1. The summed E-state index contributed by atoms with van der Waals surface area (Å²) in [6.45, 7) is 8.79. The van der Waals surface area contributed by atoms with Crippen molar-refractivity contribution in [2.24, 2.45) is 0 Å². The second-order valence-electron chi connectivity index (χ2n) is 6.76. The molecule has 3 aromatic rings. The second kappa shape index (κ2) is 7.19. The summed E-state index contributed by atoms with van der Waals surface area (Å²) in [4.78, 5) is 20.5. The SMILES string of the molecule is Cc1cnc2nc(S(=O)(=O)Nc3c(C(=O)OC(C)C)ccc(C)c3C)nn2c1. The summed E-state index contributed by atoms with van der Waals surface area (Å²) in [7, 11) is -4.15. The van der Waals surface area contributed by atoms with Crippen LogP contribution < -0.4 is 4.72 Å². The smallest absolute Gasteiger partial charge is 0.340 e. The lowest BCUT2D eigenvalue weighted by atomic mass is 10.0. The Hall–Kier alpha value is -3.01. The van der Waals surface area contributed by atoms with E-state index in [9.17, 15) is 13.2 Å². The number of carbonyl (C=O) groups excluding carboxylic acids is 1. The van der Waals surface area contributed by atoms with Crippen LogP contribution in [0, 0.1) is 20.8 Å². The molecule has 10 heteroatoms. The summed E-state index contributed by atoms with van der Waals surface area (Å²) >= 11 is 0. The molecular formula is C18H21N5O4S. The first-order valence-corrected chi connectivity index (χ1v) is 10.1. The number of nitrogens with one attached hydrogen (secondary N) is 1. The molecule has 0 unspecified atom stereocenters.